The van der Waals surface area contributed by atoms with Crippen molar-refractivity contribution in [3.05, 3.63) is 66.0 Å². The van der Waals surface area contributed by atoms with Crippen molar-refractivity contribution in [2.45, 2.75) is 19.9 Å². The van der Waals surface area contributed by atoms with Crippen LogP contribution in [0.2, 0.25) is 0 Å². The number of anilines is 1. The van der Waals surface area contributed by atoms with Gasteiger partial charge in [0.1, 0.15) is 5.82 Å². The van der Waals surface area contributed by atoms with Crippen LogP contribution >= 0.6 is 0 Å². The molecule has 2 aromatic carbocycles. The molecule has 0 aromatic heterocycles. The maximum absolute atomic E-state index is 13.2. The Morgan fingerprint density at radius 3 is 2.35 bits per heavy atom. The van der Waals surface area contributed by atoms with Gasteiger partial charge < -0.3 is 15.5 Å². The van der Waals surface area contributed by atoms with Crippen LogP contribution in [0, 0.1) is 11.7 Å². The third-order valence-corrected chi connectivity index (χ3v) is 5.50. The van der Waals surface area contributed by atoms with Crippen LogP contribution in [0.5, 0.6) is 0 Å². The number of piperazine rings is 1. The third kappa shape index (κ3) is 6.87. The quantitative estimate of drug-likeness (QED) is 0.681. The van der Waals surface area contributed by atoms with Crippen LogP contribution in [0.1, 0.15) is 25.5 Å². The largest absolute Gasteiger partial charge is 0.339 e. The lowest BCUT2D eigenvalue weighted by atomic mass is 9.96. The summed E-state index contributed by atoms with van der Waals surface area (Å²) in [5, 5.41) is 6.12. The first-order valence-corrected chi connectivity index (χ1v) is 10.8. The van der Waals surface area contributed by atoms with Gasteiger partial charge in [0.2, 0.25) is 11.8 Å². The highest BCUT2D eigenvalue weighted by atomic mass is 19.1. The molecule has 0 unspecified atom stereocenters. The van der Waals surface area contributed by atoms with Crippen molar-refractivity contribution in [1.29, 1.82) is 0 Å². The second-order valence-electron chi connectivity index (χ2n) is 8.23. The second-order valence-corrected chi connectivity index (χ2v) is 8.23. The predicted molar refractivity (Wildman–Crippen MR) is 120 cm³/mol. The fraction of sp³-hybridized carbons (Fsp3) is 0.417. The van der Waals surface area contributed by atoms with Gasteiger partial charge in [0.05, 0.1) is 13.1 Å². The molecule has 0 saturated carbocycles. The Bertz CT molecular complexity index is 867. The molecule has 1 aliphatic rings. The maximum atomic E-state index is 13.2. The minimum absolute atomic E-state index is 0.0745. The Balaban J connectivity index is 1.42. The summed E-state index contributed by atoms with van der Waals surface area (Å²) in [6.45, 7) is 7.24. The van der Waals surface area contributed by atoms with Gasteiger partial charge in [-0.05, 0) is 29.7 Å². The molecule has 1 aliphatic heterocycles. The molecule has 1 fully saturated rings. The fourth-order valence-corrected chi connectivity index (χ4v) is 3.83. The van der Waals surface area contributed by atoms with E-state index in [4.69, 9.17) is 0 Å². The molecule has 31 heavy (non-hydrogen) atoms. The van der Waals surface area contributed by atoms with Crippen LogP contribution in [0.25, 0.3) is 0 Å². The van der Waals surface area contributed by atoms with Gasteiger partial charge in [-0.3, -0.25) is 14.5 Å². The fourth-order valence-electron chi connectivity index (χ4n) is 3.83. The maximum Gasteiger partial charge on any atom is 0.238 e. The average Bonchev–Trinajstić information content (AvgIpc) is 2.74. The van der Waals surface area contributed by atoms with Crippen molar-refractivity contribution in [1.82, 2.24) is 15.1 Å². The Hall–Kier alpha value is -2.77. The summed E-state index contributed by atoms with van der Waals surface area (Å²) < 4.78 is 13.2. The summed E-state index contributed by atoms with van der Waals surface area (Å²) in [6, 6.07) is 16.1. The minimum Gasteiger partial charge on any atom is -0.339 e. The number of nitrogens with one attached hydrogen (secondary N) is 2. The van der Waals surface area contributed by atoms with Crippen LogP contribution < -0.4 is 10.6 Å². The number of rotatable bonds is 8. The SMILES string of the molecule is CC(C)[C@@H](NCC(=O)N1CCN(CC(=O)Nc2cccc(F)c2)CC1)c1ccccc1. The zero-order chi connectivity index (χ0) is 22.2. The van der Waals surface area contributed by atoms with E-state index < -0.39 is 0 Å². The standard InChI is InChI=1S/C24H31FN4O2/c1-18(2)24(19-7-4-3-5-8-19)26-16-23(31)29-13-11-28(12-14-29)17-22(30)27-21-10-6-9-20(25)15-21/h3-10,15,18,24,26H,11-14,16-17H2,1-2H3,(H,27,30)/t24-/m1/s1. The van der Waals surface area contributed by atoms with E-state index in [2.05, 4.69) is 36.6 Å². The van der Waals surface area contributed by atoms with E-state index >= 15 is 0 Å². The first-order valence-electron chi connectivity index (χ1n) is 10.8. The number of benzene rings is 2. The molecule has 6 nitrogen and oxygen atoms in total. The highest BCUT2D eigenvalue weighted by Gasteiger charge is 2.24. The van der Waals surface area contributed by atoms with Crippen molar-refractivity contribution in [3.63, 3.8) is 0 Å². The first-order chi connectivity index (χ1) is 14.9. The van der Waals surface area contributed by atoms with Gasteiger partial charge in [-0.2, -0.15) is 0 Å². The van der Waals surface area contributed by atoms with Gasteiger partial charge in [0.15, 0.2) is 0 Å². The molecular formula is C24H31FN4O2. The Morgan fingerprint density at radius 1 is 1.00 bits per heavy atom. The average molecular weight is 427 g/mol. The Kier molecular flexibility index (Phi) is 8.14. The molecular weight excluding hydrogens is 395 g/mol. The Morgan fingerprint density at radius 2 is 1.71 bits per heavy atom. The predicted octanol–water partition coefficient (Wildman–Crippen LogP) is 2.90. The number of amides is 2. The van der Waals surface area contributed by atoms with E-state index in [1.165, 1.54) is 17.7 Å². The van der Waals surface area contributed by atoms with Crippen molar-refractivity contribution in [2.24, 2.45) is 5.92 Å². The smallest absolute Gasteiger partial charge is 0.238 e. The number of hydrogen-bond donors (Lipinski definition) is 2. The summed E-state index contributed by atoms with van der Waals surface area (Å²) in [4.78, 5) is 28.8. The Labute approximate surface area is 183 Å². The number of hydrogen-bond acceptors (Lipinski definition) is 4. The molecule has 1 saturated heterocycles. The van der Waals surface area contributed by atoms with Gasteiger partial charge in [-0.15, -0.1) is 0 Å². The van der Waals surface area contributed by atoms with E-state index in [-0.39, 0.29) is 36.8 Å². The normalized spacial score (nSPS) is 15.7. The summed E-state index contributed by atoms with van der Waals surface area (Å²) in [5.41, 5.74) is 1.63. The van der Waals surface area contributed by atoms with E-state index in [0.717, 1.165) is 0 Å². The van der Waals surface area contributed by atoms with Crippen LogP contribution in [0.4, 0.5) is 10.1 Å². The number of halogens is 1. The van der Waals surface area contributed by atoms with Crippen LogP contribution in [-0.2, 0) is 9.59 Å². The molecule has 1 atom stereocenters. The highest BCUT2D eigenvalue weighted by Crippen LogP contribution is 2.21. The molecule has 0 radical (unpaired) electrons. The molecule has 2 N–H and O–H groups in total. The van der Waals surface area contributed by atoms with Gasteiger partial charge in [0, 0.05) is 37.9 Å². The highest BCUT2D eigenvalue weighted by molar-refractivity contribution is 5.92. The van der Waals surface area contributed by atoms with E-state index in [1.807, 2.05) is 28.0 Å². The molecule has 1 heterocycles. The number of carbonyl (C=O) groups excluding carboxylic acids is 2. The molecule has 0 aliphatic carbocycles. The molecule has 7 heteroatoms. The van der Waals surface area contributed by atoms with Crippen molar-refractivity contribution in [3.8, 4) is 0 Å². The summed E-state index contributed by atoms with van der Waals surface area (Å²) in [7, 11) is 0. The summed E-state index contributed by atoms with van der Waals surface area (Å²) >= 11 is 0. The zero-order valence-corrected chi connectivity index (χ0v) is 18.2. The van der Waals surface area contributed by atoms with Gasteiger partial charge >= 0.3 is 0 Å². The monoisotopic (exact) mass is 426 g/mol. The third-order valence-electron chi connectivity index (χ3n) is 5.50. The first kappa shape index (κ1) is 22.9. The molecule has 2 aromatic rings. The van der Waals surface area contributed by atoms with E-state index in [0.29, 0.717) is 37.8 Å². The van der Waals surface area contributed by atoms with Crippen LogP contribution in [0.3, 0.4) is 0 Å². The zero-order valence-electron chi connectivity index (χ0n) is 18.2. The lowest BCUT2D eigenvalue weighted by Gasteiger charge is -2.35. The molecule has 2 amide bonds. The second kappa shape index (κ2) is 11.0. The van der Waals surface area contributed by atoms with Crippen molar-refractivity contribution in [2.75, 3.05) is 44.6 Å². The summed E-state index contributed by atoms with van der Waals surface area (Å²) in [6.07, 6.45) is 0. The minimum atomic E-state index is -0.384. The molecule has 0 bridgehead atoms. The van der Waals surface area contributed by atoms with Gasteiger partial charge in [0.25, 0.3) is 0 Å². The lowest BCUT2D eigenvalue weighted by Crippen LogP contribution is -2.52. The van der Waals surface area contributed by atoms with Crippen LogP contribution in [-0.4, -0.2) is 60.9 Å². The molecule has 3 rings (SSSR count). The number of nitrogens with zero attached hydrogens (tertiary/aromatic N) is 2. The summed E-state index contributed by atoms with van der Waals surface area (Å²) in [5.74, 6) is -0.130. The molecule has 0 spiro atoms. The number of carbonyl (C=O) groups is 2. The van der Waals surface area contributed by atoms with E-state index in [1.54, 1.807) is 12.1 Å². The lowest BCUT2D eigenvalue weighted by molar-refractivity contribution is -0.132. The van der Waals surface area contributed by atoms with E-state index in [9.17, 15) is 14.0 Å². The topological polar surface area (TPSA) is 64.7 Å². The van der Waals surface area contributed by atoms with Gasteiger partial charge in [-0.25, -0.2) is 4.39 Å². The van der Waals surface area contributed by atoms with Crippen LogP contribution in [0.15, 0.2) is 54.6 Å². The van der Waals surface area contributed by atoms with Gasteiger partial charge in [-0.1, -0.05) is 50.2 Å². The van der Waals surface area contributed by atoms with Crippen molar-refractivity contribution < 1.29 is 14.0 Å². The van der Waals surface area contributed by atoms with Crippen molar-refractivity contribution >= 4 is 17.5 Å². The molecule has 166 valence electrons.